The quantitative estimate of drug-likeness (QED) is 0.0197. The van der Waals surface area contributed by atoms with Gasteiger partial charge in [0.25, 0.3) is 0 Å². The number of carbonyl (C=O) groups excluding carboxylic acids is 3. The molecule has 0 aromatic carbocycles. The molecule has 2 N–H and O–H groups in total. The Morgan fingerprint density at radius 2 is 0.833 bits per heavy atom. The summed E-state index contributed by atoms with van der Waals surface area (Å²) in [5, 5.41) is 9.73. The van der Waals surface area contributed by atoms with Crippen LogP contribution < -0.4 is 0 Å². The molecule has 0 bridgehead atoms. The molecule has 66 heavy (non-hydrogen) atoms. The Kier molecular flexibility index (Phi) is 44.8. The van der Waals surface area contributed by atoms with Gasteiger partial charge in [-0.3, -0.25) is 23.4 Å². The number of unbranched alkanes of at least 4 members (excludes halogenated alkanes) is 10. The lowest BCUT2D eigenvalue weighted by molar-refractivity contribution is -0.161. The molecular weight excluding hydrogens is 856 g/mol. The molecule has 0 aromatic heterocycles. The number of phosphoric ester groups is 1. The van der Waals surface area contributed by atoms with Gasteiger partial charge in [-0.05, 0) is 83.5 Å². The Morgan fingerprint density at radius 1 is 0.455 bits per heavy atom. The van der Waals surface area contributed by atoms with Crippen LogP contribution in [0.4, 0.5) is 0 Å². The van der Waals surface area contributed by atoms with Gasteiger partial charge in [-0.2, -0.15) is 0 Å². The van der Waals surface area contributed by atoms with Gasteiger partial charge in [0.2, 0.25) is 0 Å². The van der Waals surface area contributed by atoms with Gasteiger partial charge in [0.1, 0.15) is 12.7 Å². The molecule has 0 heterocycles. The normalized spacial score (nSPS) is 14.4. The lowest BCUT2D eigenvalue weighted by Gasteiger charge is -2.21. The van der Waals surface area contributed by atoms with E-state index in [1.54, 1.807) is 6.08 Å². The van der Waals surface area contributed by atoms with Crippen LogP contribution in [0.1, 0.15) is 175 Å². The van der Waals surface area contributed by atoms with E-state index in [2.05, 4.69) is 112 Å². The van der Waals surface area contributed by atoms with Crippen molar-refractivity contribution in [2.45, 2.75) is 187 Å². The molecule has 0 spiro atoms. The highest BCUT2D eigenvalue weighted by atomic mass is 31.2. The Morgan fingerprint density at radius 3 is 1.29 bits per heavy atom. The van der Waals surface area contributed by atoms with Crippen molar-refractivity contribution in [2.75, 3.05) is 26.4 Å². The minimum absolute atomic E-state index is 0.0195. The summed E-state index contributed by atoms with van der Waals surface area (Å²) in [5.74, 6) is -1.68. The number of allylic oxidation sites excluding steroid dienone is 17. The summed E-state index contributed by atoms with van der Waals surface area (Å²) >= 11 is 0. The topological polar surface area (TPSA) is 155 Å². The number of rotatable bonds is 44. The molecule has 12 heteroatoms. The molecule has 0 saturated heterocycles. The first-order chi connectivity index (χ1) is 32.2. The first-order valence-corrected chi connectivity index (χ1v) is 26.3. The van der Waals surface area contributed by atoms with Crippen LogP contribution >= 0.6 is 7.82 Å². The molecule has 0 rings (SSSR count). The maximum absolute atomic E-state index is 12.8. The summed E-state index contributed by atoms with van der Waals surface area (Å²) < 4.78 is 39.1. The van der Waals surface area contributed by atoms with Crippen LogP contribution in [0.5, 0.6) is 0 Å². The molecule has 0 aromatic rings. The maximum Gasteiger partial charge on any atom is 0.472 e. The van der Waals surface area contributed by atoms with E-state index in [1.165, 1.54) is 32.1 Å². The molecule has 0 aliphatic carbocycles. The molecule has 374 valence electrons. The fraction of sp³-hybridized carbons (Fsp3) is 0.611. The molecule has 11 nitrogen and oxygen atoms in total. The first kappa shape index (κ1) is 62.1. The standard InChI is InChI=1S/C54H87O11P/c1-4-7-10-13-16-19-21-23-25-27-29-32-34-37-40-43-52(56)61-47-51(65-54(58)45-42-39-36-33-30-28-26-24-22-20-17-14-11-8-5-2)49-63-66(59,60)62-48-50(46-55)64-53(57)44-41-38-35-31-18-15-12-9-6-3/h7-8,10-11,16-17,19-20,23-26,29-30,32-33,37,40,50-51,55H,4-6,9,12-15,18,21-22,27-28,31,34-36,38-39,41-49H2,1-3H3,(H,59,60)/b10-7-,11-8-,19-16-,20-17-,25-23-,26-24-,32-29-,33-30-,40-37-. The maximum atomic E-state index is 12.8. The van der Waals surface area contributed by atoms with Crippen LogP contribution in [-0.4, -0.2) is 66.5 Å². The monoisotopic (exact) mass is 943 g/mol. The number of phosphoric acid groups is 1. The van der Waals surface area contributed by atoms with Crippen LogP contribution in [0, 0.1) is 0 Å². The summed E-state index contributed by atoms with van der Waals surface area (Å²) in [4.78, 5) is 48.1. The molecule has 0 saturated carbocycles. The predicted molar refractivity (Wildman–Crippen MR) is 270 cm³/mol. The number of aliphatic hydroxyl groups excluding tert-OH is 1. The molecule has 3 unspecified atom stereocenters. The first-order valence-electron chi connectivity index (χ1n) is 24.8. The van der Waals surface area contributed by atoms with Gasteiger partial charge in [-0.1, -0.05) is 182 Å². The Balaban J connectivity index is 4.97. The number of carbonyl (C=O) groups is 3. The summed E-state index contributed by atoms with van der Waals surface area (Å²) in [6.07, 6.45) is 55.3. The van der Waals surface area contributed by atoms with Crippen LogP contribution in [-0.2, 0) is 42.2 Å². The van der Waals surface area contributed by atoms with E-state index < -0.39 is 64.4 Å². The molecular formula is C54H87O11P. The van der Waals surface area contributed by atoms with Crippen LogP contribution in [0.25, 0.3) is 0 Å². The van der Waals surface area contributed by atoms with Crippen LogP contribution in [0.3, 0.4) is 0 Å². The zero-order chi connectivity index (χ0) is 48.4. The smallest absolute Gasteiger partial charge is 0.461 e. The minimum atomic E-state index is -4.77. The highest BCUT2D eigenvalue weighted by molar-refractivity contribution is 7.47. The molecule has 3 atom stereocenters. The molecule has 0 amide bonds. The van der Waals surface area contributed by atoms with Crippen molar-refractivity contribution in [1.29, 1.82) is 0 Å². The van der Waals surface area contributed by atoms with Gasteiger partial charge >= 0.3 is 25.7 Å². The second kappa shape index (κ2) is 47.6. The van der Waals surface area contributed by atoms with Crippen molar-refractivity contribution in [3.05, 3.63) is 109 Å². The van der Waals surface area contributed by atoms with Crippen molar-refractivity contribution >= 4 is 25.7 Å². The lowest BCUT2D eigenvalue weighted by atomic mass is 10.1. The van der Waals surface area contributed by atoms with E-state index in [0.29, 0.717) is 19.3 Å². The van der Waals surface area contributed by atoms with Gasteiger partial charge in [0.15, 0.2) is 6.10 Å². The second-order valence-corrected chi connectivity index (χ2v) is 17.3. The summed E-state index contributed by atoms with van der Waals surface area (Å²) in [7, 11) is -4.77. The molecule has 0 aliphatic rings. The number of esters is 3. The van der Waals surface area contributed by atoms with Gasteiger partial charge in [0, 0.05) is 12.8 Å². The van der Waals surface area contributed by atoms with Crippen molar-refractivity contribution in [2.24, 2.45) is 0 Å². The van der Waals surface area contributed by atoms with E-state index in [-0.39, 0.29) is 19.3 Å². The zero-order valence-corrected chi connectivity index (χ0v) is 41.8. The highest BCUT2D eigenvalue weighted by Gasteiger charge is 2.28. The number of hydrogen-bond donors (Lipinski definition) is 2. The van der Waals surface area contributed by atoms with Gasteiger partial charge in [-0.15, -0.1) is 0 Å². The average Bonchev–Trinajstić information content (AvgIpc) is 3.30. The highest BCUT2D eigenvalue weighted by Crippen LogP contribution is 2.43. The van der Waals surface area contributed by atoms with E-state index in [9.17, 15) is 28.9 Å². The van der Waals surface area contributed by atoms with Crippen molar-refractivity contribution in [3.8, 4) is 0 Å². The van der Waals surface area contributed by atoms with E-state index >= 15 is 0 Å². The summed E-state index contributed by atoms with van der Waals surface area (Å²) in [5.41, 5.74) is 0. The third-order valence-electron chi connectivity index (χ3n) is 9.72. The fourth-order valence-corrected chi connectivity index (χ4v) is 6.79. The Bertz CT molecular complexity index is 1520. The number of hydrogen-bond acceptors (Lipinski definition) is 10. The third-order valence-corrected chi connectivity index (χ3v) is 10.7. The summed E-state index contributed by atoms with van der Waals surface area (Å²) in [6.45, 7) is 4.18. The van der Waals surface area contributed by atoms with Gasteiger partial charge in [-0.25, -0.2) is 4.57 Å². The van der Waals surface area contributed by atoms with Gasteiger partial charge in [0.05, 0.1) is 26.2 Å². The van der Waals surface area contributed by atoms with Crippen molar-refractivity contribution in [3.63, 3.8) is 0 Å². The predicted octanol–water partition coefficient (Wildman–Crippen LogP) is 13.9. The molecule has 0 fully saturated rings. The zero-order valence-electron chi connectivity index (χ0n) is 40.9. The average molecular weight is 943 g/mol. The van der Waals surface area contributed by atoms with Crippen LogP contribution in [0.2, 0.25) is 0 Å². The second-order valence-electron chi connectivity index (χ2n) is 15.9. The van der Waals surface area contributed by atoms with E-state index in [1.807, 2.05) is 12.2 Å². The van der Waals surface area contributed by atoms with Crippen molar-refractivity contribution in [1.82, 2.24) is 0 Å². The third kappa shape index (κ3) is 45.3. The summed E-state index contributed by atoms with van der Waals surface area (Å²) in [6, 6.07) is 0. The largest absolute Gasteiger partial charge is 0.472 e. The van der Waals surface area contributed by atoms with Crippen molar-refractivity contribution < 1.29 is 52.2 Å². The Hall–Kier alpha value is -3.86. The lowest BCUT2D eigenvalue weighted by Crippen LogP contribution is -2.30. The SMILES string of the molecule is CC/C=C\C/C=C\C/C=C\C/C=C\C/C=C\CC(=O)OCC(COP(=O)(O)OCC(CO)OC(=O)CCCCCCCCCCC)OC(=O)CCCC/C=C\C/C=C\C/C=C\C/C=C\CC. The van der Waals surface area contributed by atoms with Gasteiger partial charge < -0.3 is 24.2 Å². The minimum Gasteiger partial charge on any atom is -0.461 e. The molecule has 0 radical (unpaired) electrons. The molecule has 0 aliphatic heterocycles. The van der Waals surface area contributed by atoms with E-state index in [4.69, 9.17) is 23.3 Å². The van der Waals surface area contributed by atoms with E-state index in [0.717, 1.165) is 83.5 Å². The van der Waals surface area contributed by atoms with Crippen LogP contribution in [0.15, 0.2) is 109 Å². The Labute approximate surface area is 399 Å². The fourth-order valence-electron chi connectivity index (χ4n) is 6.01. The number of aliphatic hydroxyl groups is 1. The number of ether oxygens (including phenoxy) is 3.